The lowest BCUT2D eigenvalue weighted by Crippen LogP contribution is -2.51. The summed E-state index contributed by atoms with van der Waals surface area (Å²) >= 11 is 6.12. The van der Waals surface area contributed by atoms with Crippen LogP contribution in [0, 0.1) is 17.3 Å². The highest BCUT2D eigenvalue weighted by atomic mass is 35.5. The van der Waals surface area contributed by atoms with Crippen molar-refractivity contribution in [2.75, 3.05) is 6.61 Å². The summed E-state index contributed by atoms with van der Waals surface area (Å²) < 4.78 is 11.5. The molecule has 2 aromatic carbocycles. The number of ketones is 1. The van der Waals surface area contributed by atoms with Crippen LogP contribution in [0.1, 0.15) is 69.9 Å². The molecule has 1 amide bonds. The minimum absolute atomic E-state index is 0.00252. The minimum Gasteiger partial charge on any atom is -0.466 e. The van der Waals surface area contributed by atoms with Crippen molar-refractivity contribution in [1.29, 1.82) is 0 Å². The van der Waals surface area contributed by atoms with Crippen LogP contribution < -0.4 is 4.74 Å². The molecule has 5 rings (SSSR count). The van der Waals surface area contributed by atoms with Crippen molar-refractivity contribution in [2.24, 2.45) is 17.3 Å². The molecule has 0 N–H and O–H groups in total. The quantitative estimate of drug-likeness (QED) is 0.294. The van der Waals surface area contributed by atoms with E-state index in [1.165, 1.54) is 0 Å². The number of hydrogen-bond acceptors (Lipinski definition) is 5. The SMILES string of the molecule is CCOC(=O)[C@]12CC(=O)[C@@H]3Cc4cc(Oc5cccc(Cl)c5)ccc4CN3C(=O)[C@@H](C)CCCCC/C=C\[C@@H]1C2. The normalized spacial score (nSPS) is 27.8. The molecule has 7 heteroatoms. The maximum atomic E-state index is 14.0. The minimum atomic E-state index is -0.831. The van der Waals surface area contributed by atoms with Crippen LogP contribution in [0.2, 0.25) is 5.02 Å². The van der Waals surface area contributed by atoms with Gasteiger partial charge in [-0.15, -0.1) is 0 Å². The topological polar surface area (TPSA) is 72.9 Å². The van der Waals surface area contributed by atoms with Gasteiger partial charge in [0.2, 0.25) is 5.91 Å². The molecule has 2 aliphatic heterocycles. The largest absolute Gasteiger partial charge is 0.466 e. The predicted molar refractivity (Wildman–Crippen MR) is 154 cm³/mol. The van der Waals surface area contributed by atoms with Gasteiger partial charge < -0.3 is 14.4 Å². The van der Waals surface area contributed by atoms with Crippen LogP contribution in [0.3, 0.4) is 0 Å². The van der Waals surface area contributed by atoms with Gasteiger partial charge in [0.1, 0.15) is 11.5 Å². The third-order valence-electron chi connectivity index (χ3n) is 8.60. The van der Waals surface area contributed by atoms with E-state index in [0.29, 0.717) is 35.9 Å². The van der Waals surface area contributed by atoms with Crippen LogP contribution in [0.15, 0.2) is 54.6 Å². The molecule has 0 radical (unpaired) electrons. The fourth-order valence-corrected chi connectivity index (χ4v) is 6.34. The van der Waals surface area contributed by atoms with Gasteiger partial charge in [-0.05, 0) is 80.0 Å². The van der Waals surface area contributed by atoms with Gasteiger partial charge >= 0.3 is 5.97 Å². The highest BCUT2D eigenvalue weighted by Crippen LogP contribution is 2.57. The summed E-state index contributed by atoms with van der Waals surface area (Å²) in [7, 11) is 0. The van der Waals surface area contributed by atoms with Crippen LogP contribution in [0.4, 0.5) is 0 Å². The highest BCUT2D eigenvalue weighted by Gasteiger charge is 2.61. The van der Waals surface area contributed by atoms with Crippen molar-refractivity contribution in [3.63, 3.8) is 0 Å². The Labute approximate surface area is 241 Å². The van der Waals surface area contributed by atoms with Gasteiger partial charge in [0.15, 0.2) is 5.78 Å². The first-order valence-electron chi connectivity index (χ1n) is 14.5. The number of carbonyl (C=O) groups excluding carboxylic acids is 3. The number of nitrogens with zero attached hydrogens (tertiary/aromatic N) is 1. The fourth-order valence-electron chi connectivity index (χ4n) is 6.16. The lowest BCUT2D eigenvalue weighted by Gasteiger charge is -2.38. The molecule has 2 heterocycles. The molecule has 1 aliphatic carbocycles. The van der Waals surface area contributed by atoms with E-state index in [0.717, 1.165) is 43.2 Å². The van der Waals surface area contributed by atoms with E-state index >= 15 is 0 Å². The Morgan fingerprint density at radius 2 is 1.90 bits per heavy atom. The average molecular weight is 564 g/mol. The molecule has 4 atom stereocenters. The number of fused-ring (bicyclic) bond motifs is 3. The van der Waals surface area contributed by atoms with Crippen molar-refractivity contribution in [3.8, 4) is 11.5 Å². The zero-order valence-corrected chi connectivity index (χ0v) is 24.1. The smallest absolute Gasteiger partial charge is 0.313 e. The van der Waals surface area contributed by atoms with Gasteiger partial charge in [-0.25, -0.2) is 0 Å². The Morgan fingerprint density at radius 1 is 1.07 bits per heavy atom. The number of esters is 1. The molecule has 0 spiro atoms. The van der Waals surface area contributed by atoms with E-state index in [9.17, 15) is 14.4 Å². The van der Waals surface area contributed by atoms with E-state index in [1.54, 1.807) is 24.0 Å². The van der Waals surface area contributed by atoms with Crippen molar-refractivity contribution in [2.45, 2.75) is 77.8 Å². The molecule has 212 valence electrons. The Kier molecular flexibility index (Phi) is 8.65. The molecule has 1 saturated carbocycles. The Balaban J connectivity index is 1.45. The van der Waals surface area contributed by atoms with E-state index in [4.69, 9.17) is 21.1 Å². The molecule has 40 heavy (non-hydrogen) atoms. The Bertz CT molecular complexity index is 1310. The van der Waals surface area contributed by atoms with Crippen molar-refractivity contribution < 1.29 is 23.9 Å². The first-order chi connectivity index (χ1) is 19.3. The monoisotopic (exact) mass is 563 g/mol. The maximum absolute atomic E-state index is 14.0. The molecule has 0 unspecified atom stereocenters. The number of ether oxygens (including phenoxy) is 2. The number of halogens is 1. The molecule has 0 bridgehead atoms. The maximum Gasteiger partial charge on any atom is 0.313 e. The molecule has 0 saturated heterocycles. The standard InChI is InChI=1S/C33H38ClNO5/c1-3-39-32(38)33-19-25(33)11-8-6-4-5-7-10-22(2)31(37)35-21-23-14-15-28(40-27-13-9-12-26(34)18-27)16-24(23)17-29(35)30(36)20-33/h8-9,11-16,18,22,25,29H,3-7,10,17,19-21H2,1-2H3/b11-8-/t22-,25+,29-,33+/m0/s1. The summed E-state index contributed by atoms with van der Waals surface area (Å²) in [5.74, 6) is 0.729. The zero-order valence-electron chi connectivity index (χ0n) is 23.4. The van der Waals surface area contributed by atoms with E-state index in [1.807, 2.05) is 37.3 Å². The fraction of sp³-hybridized carbons (Fsp3) is 0.485. The molecule has 2 aromatic rings. The number of allylic oxidation sites excluding steroid dienone is 2. The molecular weight excluding hydrogens is 526 g/mol. The van der Waals surface area contributed by atoms with Crippen molar-refractivity contribution in [3.05, 3.63) is 70.8 Å². The van der Waals surface area contributed by atoms with E-state index in [2.05, 4.69) is 12.2 Å². The van der Waals surface area contributed by atoms with Crippen LogP contribution in [-0.2, 0) is 32.1 Å². The second-order valence-electron chi connectivity index (χ2n) is 11.5. The van der Waals surface area contributed by atoms with Crippen LogP contribution in [-0.4, -0.2) is 35.2 Å². The first-order valence-corrected chi connectivity index (χ1v) is 14.9. The summed E-state index contributed by atoms with van der Waals surface area (Å²) in [6.07, 6.45) is 10.1. The number of rotatable bonds is 4. The number of hydrogen-bond donors (Lipinski definition) is 0. The van der Waals surface area contributed by atoms with E-state index < -0.39 is 11.5 Å². The molecule has 1 fully saturated rings. The third-order valence-corrected chi connectivity index (χ3v) is 8.83. The van der Waals surface area contributed by atoms with Crippen LogP contribution in [0.5, 0.6) is 11.5 Å². The number of Topliss-reactive ketones (excluding diaryl/α,β-unsaturated/α-hetero) is 1. The van der Waals surface area contributed by atoms with E-state index in [-0.39, 0.29) is 42.5 Å². The van der Waals surface area contributed by atoms with Crippen LogP contribution in [0.25, 0.3) is 0 Å². The highest BCUT2D eigenvalue weighted by molar-refractivity contribution is 6.30. The summed E-state index contributed by atoms with van der Waals surface area (Å²) in [6.45, 7) is 4.40. The van der Waals surface area contributed by atoms with Crippen molar-refractivity contribution >= 4 is 29.3 Å². The predicted octanol–water partition coefficient (Wildman–Crippen LogP) is 7.07. The van der Waals surface area contributed by atoms with Gasteiger partial charge in [-0.1, -0.05) is 55.7 Å². The molecular formula is C33H38ClNO5. The van der Waals surface area contributed by atoms with Gasteiger partial charge in [-0.3, -0.25) is 14.4 Å². The Morgan fingerprint density at radius 3 is 2.70 bits per heavy atom. The Hall–Kier alpha value is -3.12. The summed E-state index contributed by atoms with van der Waals surface area (Å²) in [4.78, 5) is 42.7. The number of benzene rings is 2. The molecule has 3 aliphatic rings. The van der Waals surface area contributed by atoms with Crippen LogP contribution >= 0.6 is 11.6 Å². The lowest BCUT2D eigenvalue weighted by atomic mass is 9.85. The van der Waals surface area contributed by atoms with Gasteiger partial charge in [0, 0.05) is 30.3 Å². The number of amides is 1. The van der Waals surface area contributed by atoms with Crippen molar-refractivity contribution in [1.82, 2.24) is 4.90 Å². The third kappa shape index (κ3) is 6.12. The second kappa shape index (κ2) is 12.2. The average Bonchev–Trinajstić information content (AvgIpc) is 3.64. The molecule has 0 aromatic heterocycles. The number of carbonyl (C=O) groups is 3. The summed E-state index contributed by atoms with van der Waals surface area (Å²) in [5.41, 5.74) is 1.15. The first kappa shape index (κ1) is 28.4. The van der Waals surface area contributed by atoms with Gasteiger partial charge in [0.05, 0.1) is 18.1 Å². The van der Waals surface area contributed by atoms with Gasteiger partial charge in [-0.2, -0.15) is 0 Å². The second-order valence-corrected chi connectivity index (χ2v) is 11.9. The zero-order chi connectivity index (χ0) is 28.3. The van der Waals surface area contributed by atoms with Gasteiger partial charge in [0.25, 0.3) is 0 Å². The molecule has 6 nitrogen and oxygen atoms in total. The summed E-state index contributed by atoms with van der Waals surface area (Å²) in [6, 6.07) is 12.4. The lowest BCUT2D eigenvalue weighted by molar-refractivity contribution is -0.153. The summed E-state index contributed by atoms with van der Waals surface area (Å²) in [5, 5.41) is 0.587.